The van der Waals surface area contributed by atoms with Crippen LogP contribution in [0.15, 0.2) is 24.3 Å². The number of benzene rings is 1. The Labute approximate surface area is 280 Å². The molecule has 14 nitrogen and oxygen atoms in total. The van der Waals surface area contributed by atoms with E-state index in [-0.39, 0.29) is 13.2 Å². The summed E-state index contributed by atoms with van der Waals surface area (Å²) in [5.74, 6) is -1.28. The first-order valence-electron chi connectivity index (χ1n) is 16.3. The molecule has 0 amide bonds. The number of hydrogen-bond acceptors (Lipinski definition) is 14. The molecule has 1 aromatic rings. The Morgan fingerprint density at radius 1 is 0.553 bits per heavy atom. The molecule has 0 saturated carbocycles. The number of anilines is 1. The average molecular weight is 676 g/mol. The molecule has 47 heavy (non-hydrogen) atoms. The lowest BCUT2D eigenvalue weighted by atomic mass is 10.2. The molecule has 1 aromatic carbocycles. The van der Waals surface area contributed by atoms with Gasteiger partial charge in [0, 0.05) is 18.8 Å². The maximum Gasteiger partial charge on any atom is 0.317 e. The lowest BCUT2D eigenvalue weighted by molar-refractivity contribution is -0.154. The monoisotopic (exact) mass is 675 g/mol. The predicted molar refractivity (Wildman–Crippen MR) is 174 cm³/mol. The van der Waals surface area contributed by atoms with E-state index < -0.39 is 18.4 Å². The Bertz CT molecular complexity index is 877. The van der Waals surface area contributed by atoms with Gasteiger partial charge in [-0.15, -0.1) is 0 Å². The standard InChI is InChI=1S/C33H57NO13/c1-4-34(31-7-5-6-30(2)28-31)8-9-38-10-11-39-12-13-40-14-15-41-16-17-42-18-19-43-20-21-44-22-23-45-24-25-46-26-27-47-33(36)29-32(35)37-3/h5-7,28H,4,8-27,29H2,1-3H3. The molecule has 0 aliphatic carbocycles. The van der Waals surface area contributed by atoms with Crippen LogP contribution in [-0.2, 0) is 61.7 Å². The first-order chi connectivity index (χ1) is 23.1. The minimum absolute atomic E-state index is 0.0667. The minimum atomic E-state index is -0.645. The summed E-state index contributed by atoms with van der Waals surface area (Å²) in [4.78, 5) is 24.5. The van der Waals surface area contributed by atoms with E-state index in [0.717, 1.165) is 13.1 Å². The fraction of sp³-hybridized carbons (Fsp3) is 0.758. The summed E-state index contributed by atoms with van der Waals surface area (Å²) < 4.78 is 58.5. The van der Waals surface area contributed by atoms with Gasteiger partial charge in [-0.2, -0.15) is 0 Å². The summed E-state index contributed by atoms with van der Waals surface area (Å²) in [6, 6.07) is 8.51. The molecule has 272 valence electrons. The van der Waals surface area contributed by atoms with Crippen LogP contribution in [0.3, 0.4) is 0 Å². The second-order valence-electron chi connectivity index (χ2n) is 9.90. The van der Waals surface area contributed by atoms with E-state index in [2.05, 4.69) is 47.7 Å². The van der Waals surface area contributed by atoms with Crippen LogP contribution >= 0.6 is 0 Å². The Hall–Kier alpha value is -2.40. The van der Waals surface area contributed by atoms with Gasteiger partial charge in [0.1, 0.15) is 13.0 Å². The van der Waals surface area contributed by atoms with Crippen LogP contribution < -0.4 is 4.90 Å². The molecule has 0 bridgehead atoms. The van der Waals surface area contributed by atoms with Gasteiger partial charge >= 0.3 is 11.9 Å². The quantitative estimate of drug-likeness (QED) is 0.0598. The summed E-state index contributed by atoms with van der Waals surface area (Å²) in [7, 11) is 1.21. The molecule has 0 aliphatic heterocycles. The normalized spacial score (nSPS) is 11.1. The molecular formula is C33H57NO13. The maximum atomic E-state index is 11.3. The number of ether oxygens (including phenoxy) is 11. The van der Waals surface area contributed by atoms with E-state index in [0.29, 0.717) is 112 Å². The highest BCUT2D eigenvalue weighted by Gasteiger charge is 2.10. The third-order valence-corrected chi connectivity index (χ3v) is 6.24. The van der Waals surface area contributed by atoms with Gasteiger partial charge in [-0.25, -0.2) is 0 Å². The Morgan fingerprint density at radius 3 is 1.30 bits per heavy atom. The van der Waals surface area contributed by atoms with Crippen LogP contribution in [-0.4, -0.2) is 158 Å². The van der Waals surface area contributed by atoms with E-state index >= 15 is 0 Å². The summed E-state index contributed by atoms with van der Waals surface area (Å²) in [5.41, 5.74) is 2.48. The lowest BCUT2D eigenvalue weighted by Gasteiger charge is -2.23. The Balaban J connectivity index is 1.70. The molecule has 0 fully saturated rings. The number of esters is 2. The van der Waals surface area contributed by atoms with Crippen molar-refractivity contribution in [3.8, 4) is 0 Å². The number of carbonyl (C=O) groups is 2. The first kappa shape index (κ1) is 42.6. The van der Waals surface area contributed by atoms with E-state index in [4.69, 9.17) is 47.4 Å². The van der Waals surface area contributed by atoms with Gasteiger partial charge in [0.2, 0.25) is 0 Å². The number of aryl methyl sites for hydroxylation is 1. The predicted octanol–water partition coefficient (Wildman–Crippen LogP) is 2.08. The number of rotatable bonds is 34. The van der Waals surface area contributed by atoms with Crippen LogP contribution in [0.2, 0.25) is 0 Å². The Morgan fingerprint density at radius 2 is 0.936 bits per heavy atom. The van der Waals surface area contributed by atoms with Crippen molar-refractivity contribution in [3.05, 3.63) is 29.8 Å². The van der Waals surface area contributed by atoms with Crippen molar-refractivity contribution in [1.29, 1.82) is 0 Å². The van der Waals surface area contributed by atoms with Gasteiger partial charge < -0.3 is 57.0 Å². The second kappa shape index (κ2) is 32.2. The van der Waals surface area contributed by atoms with Crippen molar-refractivity contribution in [1.82, 2.24) is 0 Å². The summed E-state index contributed by atoms with van der Waals surface area (Å²) in [6.07, 6.45) is -0.406. The molecule has 1 rings (SSSR count). The third kappa shape index (κ3) is 27.3. The summed E-state index contributed by atoms with van der Waals surface area (Å²) in [5, 5.41) is 0. The van der Waals surface area contributed by atoms with E-state index in [1.54, 1.807) is 0 Å². The molecule has 0 N–H and O–H groups in total. The molecule has 0 radical (unpaired) electrons. The van der Waals surface area contributed by atoms with Gasteiger partial charge in [0.25, 0.3) is 0 Å². The zero-order valence-electron chi connectivity index (χ0n) is 28.6. The maximum absolute atomic E-state index is 11.3. The average Bonchev–Trinajstić information content (AvgIpc) is 3.07. The van der Waals surface area contributed by atoms with Crippen molar-refractivity contribution in [3.63, 3.8) is 0 Å². The van der Waals surface area contributed by atoms with Gasteiger partial charge in [0.15, 0.2) is 0 Å². The first-order valence-corrected chi connectivity index (χ1v) is 16.3. The van der Waals surface area contributed by atoms with Crippen molar-refractivity contribution >= 4 is 17.6 Å². The van der Waals surface area contributed by atoms with Crippen molar-refractivity contribution in [2.45, 2.75) is 20.3 Å². The van der Waals surface area contributed by atoms with Crippen LogP contribution in [0.25, 0.3) is 0 Å². The zero-order chi connectivity index (χ0) is 34.0. The van der Waals surface area contributed by atoms with Crippen LogP contribution in [0.1, 0.15) is 18.9 Å². The fourth-order valence-electron chi connectivity index (χ4n) is 3.79. The van der Waals surface area contributed by atoms with Crippen molar-refractivity contribution in [2.24, 2.45) is 0 Å². The van der Waals surface area contributed by atoms with Crippen LogP contribution in [0.5, 0.6) is 0 Å². The molecule has 0 heterocycles. The molecule has 0 unspecified atom stereocenters. The number of methoxy groups -OCH3 is 1. The summed E-state index contributed by atoms with van der Waals surface area (Å²) in [6.45, 7) is 14.7. The number of hydrogen-bond donors (Lipinski definition) is 0. The van der Waals surface area contributed by atoms with E-state index in [1.807, 2.05) is 0 Å². The number of carbonyl (C=O) groups excluding carboxylic acids is 2. The van der Waals surface area contributed by atoms with E-state index in [1.165, 1.54) is 18.4 Å². The van der Waals surface area contributed by atoms with Gasteiger partial charge in [-0.3, -0.25) is 9.59 Å². The Kier molecular flexibility index (Phi) is 29.2. The second-order valence-corrected chi connectivity index (χ2v) is 9.90. The highest BCUT2D eigenvalue weighted by atomic mass is 16.6. The SMILES string of the molecule is CCN(CCOCCOCCOCCOCCOCCOCCOCCOCCOCCOC(=O)CC(=O)OC)c1cccc(C)c1. The molecule has 0 aliphatic rings. The van der Waals surface area contributed by atoms with Gasteiger partial charge in [-0.05, 0) is 31.5 Å². The van der Waals surface area contributed by atoms with Crippen molar-refractivity contribution < 1.29 is 61.7 Å². The van der Waals surface area contributed by atoms with Crippen molar-refractivity contribution in [2.75, 3.05) is 151 Å². The van der Waals surface area contributed by atoms with E-state index in [9.17, 15) is 9.59 Å². The third-order valence-electron chi connectivity index (χ3n) is 6.24. The molecule has 0 spiro atoms. The molecule has 0 aromatic heterocycles. The largest absolute Gasteiger partial charge is 0.469 e. The van der Waals surface area contributed by atoms with Gasteiger partial charge in [0.05, 0.1) is 126 Å². The van der Waals surface area contributed by atoms with Crippen LogP contribution in [0, 0.1) is 6.92 Å². The topological polar surface area (TPSA) is 139 Å². The highest BCUT2D eigenvalue weighted by molar-refractivity contribution is 5.91. The molecule has 0 saturated heterocycles. The van der Waals surface area contributed by atoms with Crippen LogP contribution in [0.4, 0.5) is 5.69 Å². The lowest BCUT2D eigenvalue weighted by Crippen LogP contribution is -2.27. The fourth-order valence-corrected chi connectivity index (χ4v) is 3.79. The molecule has 14 heteroatoms. The summed E-state index contributed by atoms with van der Waals surface area (Å²) >= 11 is 0. The number of nitrogens with zero attached hydrogens (tertiary/aromatic N) is 1. The molecule has 0 atom stereocenters. The molecular weight excluding hydrogens is 618 g/mol. The van der Waals surface area contributed by atoms with Gasteiger partial charge in [-0.1, -0.05) is 12.1 Å². The zero-order valence-corrected chi connectivity index (χ0v) is 28.6. The number of likely N-dealkylation sites (N-methyl/N-ethyl adjacent to an activating group) is 1. The smallest absolute Gasteiger partial charge is 0.317 e. The highest BCUT2D eigenvalue weighted by Crippen LogP contribution is 2.15. The minimum Gasteiger partial charge on any atom is -0.469 e.